The Morgan fingerprint density at radius 3 is 2.89 bits per heavy atom. The lowest BCUT2D eigenvalue weighted by molar-refractivity contribution is 0.170. The molecule has 0 spiro atoms. The van der Waals surface area contributed by atoms with E-state index in [2.05, 4.69) is 12.2 Å². The van der Waals surface area contributed by atoms with Crippen molar-refractivity contribution in [2.75, 3.05) is 19.8 Å². The van der Waals surface area contributed by atoms with Gasteiger partial charge in [0.05, 0.1) is 6.61 Å². The van der Waals surface area contributed by atoms with Gasteiger partial charge in [0.25, 0.3) is 0 Å². The number of para-hydroxylation sites is 1. The van der Waals surface area contributed by atoms with Gasteiger partial charge in [0.2, 0.25) is 0 Å². The van der Waals surface area contributed by atoms with Crippen molar-refractivity contribution in [1.82, 2.24) is 5.32 Å². The summed E-state index contributed by atoms with van der Waals surface area (Å²) in [5, 5.41) is 12.2. The Morgan fingerprint density at radius 2 is 2.22 bits per heavy atom. The van der Waals surface area contributed by atoms with Crippen molar-refractivity contribution in [3.05, 3.63) is 29.6 Å². The van der Waals surface area contributed by atoms with E-state index < -0.39 is 0 Å². The van der Waals surface area contributed by atoms with E-state index in [1.54, 1.807) is 6.07 Å². The summed E-state index contributed by atoms with van der Waals surface area (Å²) in [5.74, 6) is -0.0570. The molecule has 1 atom stereocenters. The maximum absolute atomic E-state index is 13.7. The van der Waals surface area contributed by atoms with Crippen LogP contribution in [0.2, 0.25) is 0 Å². The standard InChI is InChI=1S/C14H22FNO2/c1-3-7-16-8-12-5-4-6-13(15)14(12)18-10-11(2)9-17/h4-6,11,16-17H,3,7-10H2,1-2H3. The molecule has 0 aromatic heterocycles. The molecule has 0 bridgehead atoms. The van der Waals surface area contributed by atoms with Crippen LogP contribution in [-0.4, -0.2) is 24.9 Å². The van der Waals surface area contributed by atoms with Gasteiger partial charge in [0.1, 0.15) is 0 Å². The van der Waals surface area contributed by atoms with Crippen molar-refractivity contribution >= 4 is 0 Å². The van der Waals surface area contributed by atoms with Crippen molar-refractivity contribution in [1.29, 1.82) is 0 Å². The van der Waals surface area contributed by atoms with Crippen LogP contribution in [0.3, 0.4) is 0 Å². The van der Waals surface area contributed by atoms with Gasteiger partial charge in [-0.05, 0) is 19.0 Å². The first kappa shape index (κ1) is 14.9. The lowest BCUT2D eigenvalue weighted by Crippen LogP contribution is -2.17. The average molecular weight is 255 g/mol. The highest BCUT2D eigenvalue weighted by molar-refractivity contribution is 5.34. The summed E-state index contributed by atoms with van der Waals surface area (Å²) in [6, 6.07) is 4.92. The van der Waals surface area contributed by atoms with Crippen LogP contribution in [-0.2, 0) is 6.54 Å². The van der Waals surface area contributed by atoms with Crippen LogP contribution < -0.4 is 10.1 Å². The maximum atomic E-state index is 13.7. The molecule has 4 heteroatoms. The molecule has 0 saturated heterocycles. The highest BCUT2D eigenvalue weighted by Gasteiger charge is 2.11. The summed E-state index contributed by atoms with van der Waals surface area (Å²) in [7, 11) is 0. The maximum Gasteiger partial charge on any atom is 0.165 e. The Balaban J connectivity index is 2.67. The second-order valence-electron chi connectivity index (χ2n) is 4.50. The predicted octanol–water partition coefficient (Wildman–Crippen LogP) is 2.33. The van der Waals surface area contributed by atoms with Crippen molar-refractivity contribution in [3.63, 3.8) is 0 Å². The van der Waals surface area contributed by atoms with Crippen LogP contribution >= 0.6 is 0 Å². The number of benzene rings is 1. The molecule has 0 heterocycles. The molecule has 102 valence electrons. The largest absolute Gasteiger partial charge is 0.490 e. The van der Waals surface area contributed by atoms with E-state index in [4.69, 9.17) is 9.84 Å². The third-order valence-corrected chi connectivity index (χ3v) is 2.61. The van der Waals surface area contributed by atoms with E-state index in [1.807, 2.05) is 13.0 Å². The fourth-order valence-corrected chi connectivity index (χ4v) is 1.53. The van der Waals surface area contributed by atoms with Crippen LogP contribution in [0.4, 0.5) is 4.39 Å². The van der Waals surface area contributed by atoms with Gasteiger partial charge in [-0.2, -0.15) is 0 Å². The Bertz CT molecular complexity index is 358. The molecule has 0 fully saturated rings. The Kier molecular flexibility index (Phi) is 6.68. The summed E-state index contributed by atoms with van der Waals surface area (Å²) in [5.41, 5.74) is 0.814. The summed E-state index contributed by atoms with van der Waals surface area (Å²) >= 11 is 0. The summed E-state index contributed by atoms with van der Waals surface area (Å²) in [6.07, 6.45) is 1.03. The van der Waals surface area contributed by atoms with E-state index in [-0.39, 0.29) is 18.3 Å². The fourth-order valence-electron chi connectivity index (χ4n) is 1.53. The van der Waals surface area contributed by atoms with E-state index in [1.165, 1.54) is 6.07 Å². The number of halogens is 1. The fraction of sp³-hybridized carbons (Fsp3) is 0.571. The zero-order chi connectivity index (χ0) is 13.4. The molecule has 1 aromatic rings. The molecule has 0 amide bonds. The number of aliphatic hydroxyl groups is 1. The van der Waals surface area contributed by atoms with Crippen LogP contribution in [0, 0.1) is 11.7 Å². The normalized spacial score (nSPS) is 12.4. The van der Waals surface area contributed by atoms with Gasteiger partial charge in [-0.15, -0.1) is 0 Å². The minimum absolute atomic E-state index is 0.000979. The van der Waals surface area contributed by atoms with E-state index >= 15 is 0 Å². The Morgan fingerprint density at radius 1 is 1.44 bits per heavy atom. The van der Waals surface area contributed by atoms with Crippen LogP contribution in [0.1, 0.15) is 25.8 Å². The third kappa shape index (κ3) is 4.63. The highest BCUT2D eigenvalue weighted by Crippen LogP contribution is 2.23. The molecule has 2 N–H and O–H groups in total. The smallest absolute Gasteiger partial charge is 0.165 e. The summed E-state index contributed by atoms with van der Waals surface area (Å²) < 4.78 is 19.2. The Hall–Kier alpha value is -1.13. The van der Waals surface area contributed by atoms with Gasteiger partial charge in [0, 0.05) is 24.6 Å². The van der Waals surface area contributed by atoms with Crippen molar-refractivity contribution in [2.24, 2.45) is 5.92 Å². The van der Waals surface area contributed by atoms with Crippen LogP contribution in [0.15, 0.2) is 18.2 Å². The van der Waals surface area contributed by atoms with Crippen molar-refractivity contribution in [2.45, 2.75) is 26.8 Å². The number of hydrogen-bond acceptors (Lipinski definition) is 3. The lowest BCUT2D eigenvalue weighted by atomic mass is 10.1. The van der Waals surface area contributed by atoms with Crippen LogP contribution in [0.25, 0.3) is 0 Å². The van der Waals surface area contributed by atoms with Gasteiger partial charge in [-0.3, -0.25) is 0 Å². The highest BCUT2D eigenvalue weighted by atomic mass is 19.1. The van der Waals surface area contributed by atoms with Gasteiger partial charge >= 0.3 is 0 Å². The molecule has 0 aliphatic carbocycles. The molecule has 1 aromatic carbocycles. The van der Waals surface area contributed by atoms with Crippen LogP contribution in [0.5, 0.6) is 5.75 Å². The number of ether oxygens (including phenoxy) is 1. The number of rotatable bonds is 8. The topological polar surface area (TPSA) is 41.5 Å². The third-order valence-electron chi connectivity index (χ3n) is 2.61. The second-order valence-corrected chi connectivity index (χ2v) is 4.50. The predicted molar refractivity (Wildman–Crippen MR) is 70.1 cm³/mol. The SMILES string of the molecule is CCCNCc1cccc(F)c1OCC(C)CO. The molecule has 0 radical (unpaired) electrons. The first-order valence-electron chi connectivity index (χ1n) is 6.40. The molecule has 3 nitrogen and oxygen atoms in total. The first-order valence-corrected chi connectivity index (χ1v) is 6.40. The Labute approximate surface area is 108 Å². The summed E-state index contributed by atoms with van der Waals surface area (Å²) in [6.45, 7) is 5.78. The van der Waals surface area contributed by atoms with Gasteiger partial charge in [0.15, 0.2) is 11.6 Å². The molecule has 0 aliphatic rings. The van der Waals surface area contributed by atoms with E-state index in [0.29, 0.717) is 18.9 Å². The molecule has 0 aliphatic heterocycles. The van der Waals surface area contributed by atoms with Crippen molar-refractivity contribution in [3.8, 4) is 5.75 Å². The zero-order valence-electron chi connectivity index (χ0n) is 11.1. The quantitative estimate of drug-likeness (QED) is 0.701. The first-order chi connectivity index (χ1) is 8.69. The van der Waals surface area contributed by atoms with E-state index in [9.17, 15) is 4.39 Å². The molecular formula is C14H22FNO2. The molecular weight excluding hydrogens is 233 g/mol. The number of hydrogen-bond donors (Lipinski definition) is 2. The van der Waals surface area contributed by atoms with Gasteiger partial charge < -0.3 is 15.2 Å². The molecule has 1 unspecified atom stereocenters. The summed E-state index contributed by atoms with van der Waals surface area (Å²) in [4.78, 5) is 0. The molecule has 18 heavy (non-hydrogen) atoms. The minimum Gasteiger partial charge on any atom is -0.490 e. The van der Waals surface area contributed by atoms with Crippen molar-refractivity contribution < 1.29 is 14.2 Å². The zero-order valence-corrected chi connectivity index (χ0v) is 11.1. The minimum atomic E-state index is -0.351. The lowest BCUT2D eigenvalue weighted by Gasteiger charge is -2.15. The van der Waals surface area contributed by atoms with Gasteiger partial charge in [-0.1, -0.05) is 26.0 Å². The number of nitrogens with one attached hydrogen (secondary N) is 1. The molecule has 0 saturated carbocycles. The van der Waals surface area contributed by atoms with E-state index in [0.717, 1.165) is 18.5 Å². The molecule has 1 rings (SSSR count). The second kappa shape index (κ2) is 8.06. The van der Waals surface area contributed by atoms with Gasteiger partial charge in [-0.25, -0.2) is 4.39 Å². The number of aliphatic hydroxyl groups excluding tert-OH is 1. The monoisotopic (exact) mass is 255 g/mol. The average Bonchev–Trinajstić information content (AvgIpc) is 2.38.